The Bertz CT molecular complexity index is 556. The van der Waals surface area contributed by atoms with Crippen molar-refractivity contribution in [2.75, 3.05) is 19.8 Å². The van der Waals surface area contributed by atoms with Gasteiger partial charge in [-0.05, 0) is 31.6 Å². The molecule has 9 N–H and O–H groups in total. The van der Waals surface area contributed by atoms with Crippen molar-refractivity contribution < 1.29 is 40.5 Å². The molecule has 1 rings (SSSR count). The molecule has 0 unspecified atom stereocenters. The fraction of sp³-hybridized carbons (Fsp3) is 0.792. The first kappa shape index (κ1) is 31.7. The molecule has 0 radical (unpaired) electrons. The fourth-order valence-electron chi connectivity index (χ4n) is 3.56. The van der Waals surface area contributed by atoms with Crippen LogP contribution in [0.1, 0.15) is 64.7 Å². The Balaban J connectivity index is 0.00000109. The molecule has 1 saturated carbocycles. The van der Waals surface area contributed by atoms with Crippen LogP contribution in [0.25, 0.3) is 0 Å². The lowest BCUT2D eigenvalue weighted by atomic mass is 9.89. The molecule has 1 fully saturated rings. The number of hydrogen-bond donors (Lipinski definition) is 8. The average Bonchev–Trinajstić information content (AvgIpc) is 3.06. The standard InChI is InChI=1S/C20H34O5.C4H11NO3/c1-2-3-6-9-15(21)12-13-17-16(18(22)14-19(17)23)10-7-4-5-8-11-20(24)25;5-4(1-6,2-7)3-8/h4,7,12-13,15-19,21-23H,2-3,5-6,8-11,14H2,1H3,(H,24,25);6-8H,1-3,5H2/b7-4-,13-12+;/t15-,16+,17+,18-,19+;/m1./s1. The number of carbonyl (C=O) groups is 1. The number of aliphatic carboxylic acids is 1. The lowest BCUT2D eigenvalue weighted by molar-refractivity contribution is -0.137. The van der Waals surface area contributed by atoms with Crippen molar-refractivity contribution in [2.24, 2.45) is 17.6 Å². The zero-order valence-corrected chi connectivity index (χ0v) is 19.8. The van der Waals surface area contributed by atoms with E-state index in [1.165, 1.54) is 0 Å². The first-order valence-electron chi connectivity index (χ1n) is 11.8. The second-order valence-electron chi connectivity index (χ2n) is 8.89. The van der Waals surface area contributed by atoms with Gasteiger partial charge in [-0.2, -0.15) is 0 Å². The van der Waals surface area contributed by atoms with Gasteiger partial charge in [-0.1, -0.05) is 50.5 Å². The van der Waals surface area contributed by atoms with Crippen molar-refractivity contribution in [1.82, 2.24) is 0 Å². The minimum atomic E-state index is -1.21. The van der Waals surface area contributed by atoms with E-state index in [-0.39, 0.29) is 18.3 Å². The highest BCUT2D eigenvalue weighted by molar-refractivity contribution is 5.66. The number of carboxylic acid groups (broad SMARTS) is 1. The van der Waals surface area contributed by atoms with Crippen LogP contribution in [0.3, 0.4) is 0 Å². The smallest absolute Gasteiger partial charge is 0.303 e. The van der Waals surface area contributed by atoms with Crippen molar-refractivity contribution >= 4 is 5.97 Å². The van der Waals surface area contributed by atoms with Crippen LogP contribution in [0, 0.1) is 11.8 Å². The summed E-state index contributed by atoms with van der Waals surface area (Å²) < 4.78 is 0. The van der Waals surface area contributed by atoms with Crippen LogP contribution in [-0.2, 0) is 4.79 Å². The predicted octanol–water partition coefficient (Wildman–Crippen LogP) is 0.704. The highest BCUT2D eigenvalue weighted by atomic mass is 16.4. The van der Waals surface area contributed by atoms with Gasteiger partial charge in [0.05, 0.1) is 43.7 Å². The third-order valence-electron chi connectivity index (χ3n) is 5.86. The normalized spacial score (nSPS) is 24.2. The van der Waals surface area contributed by atoms with Crippen molar-refractivity contribution in [2.45, 2.75) is 88.6 Å². The number of nitrogens with two attached hydrogens (primary N) is 1. The number of unbranched alkanes of at least 4 members (excludes halogenated alkanes) is 3. The second kappa shape index (κ2) is 18.1. The van der Waals surface area contributed by atoms with Gasteiger partial charge in [0.1, 0.15) is 0 Å². The van der Waals surface area contributed by atoms with E-state index in [4.69, 9.17) is 26.2 Å². The van der Waals surface area contributed by atoms with Crippen molar-refractivity contribution in [3.05, 3.63) is 24.3 Å². The van der Waals surface area contributed by atoms with Gasteiger partial charge in [0.15, 0.2) is 0 Å². The van der Waals surface area contributed by atoms with Crippen molar-refractivity contribution in [3.63, 3.8) is 0 Å². The maximum Gasteiger partial charge on any atom is 0.303 e. The number of carboxylic acids is 1. The maximum atomic E-state index is 10.5. The van der Waals surface area contributed by atoms with Gasteiger partial charge in [0.25, 0.3) is 0 Å². The molecule has 0 spiro atoms. The number of rotatable bonds is 15. The van der Waals surface area contributed by atoms with E-state index in [2.05, 4.69) is 6.92 Å². The monoisotopic (exact) mass is 475 g/mol. The molecular formula is C24H45NO8. The summed E-state index contributed by atoms with van der Waals surface area (Å²) in [5, 5.41) is 64.0. The molecule has 1 aliphatic carbocycles. The Morgan fingerprint density at radius 2 is 1.70 bits per heavy atom. The van der Waals surface area contributed by atoms with Gasteiger partial charge in [-0.25, -0.2) is 0 Å². The van der Waals surface area contributed by atoms with Crippen LogP contribution >= 0.6 is 0 Å². The SMILES string of the molecule is CCCCC[C@@H](O)/C=C/[C@H]1[C@H](C/C=C\CCCC(=O)O)[C@H](O)C[C@@H]1O.NC(CO)(CO)CO. The Morgan fingerprint density at radius 3 is 2.21 bits per heavy atom. The molecule has 9 nitrogen and oxygen atoms in total. The fourth-order valence-corrected chi connectivity index (χ4v) is 3.56. The quantitative estimate of drug-likeness (QED) is 0.125. The van der Waals surface area contributed by atoms with Crippen LogP contribution in [0.2, 0.25) is 0 Å². The molecule has 0 aromatic heterocycles. The molecule has 1 aliphatic rings. The molecular weight excluding hydrogens is 430 g/mol. The molecule has 0 aromatic rings. The van der Waals surface area contributed by atoms with Gasteiger partial charge < -0.3 is 41.5 Å². The summed E-state index contributed by atoms with van der Waals surface area (Å²) in [6.07, 6.45) is 12.3. The molecule has 9 heteroatoms. The zero-order valence-electron chi connectivity index (χ0n) is 19.8. The summed E-state index contributed by atoms with van der Waals surface area (Å²) >= 11 is 0. The van der Waals surface area contributed by atoms with E-state index >= 15 is 0 Å². The maximum absolute atomic E-state index is 10.5. The van der Waals surface area contributed by atoms with E-state index < -0.39 is 49.6 Å². The molecule has 194 valence electrons. The topological polar surface area (TPSA) is 185 Å². The third-order valence-corrected chi connectivity index (χ3v) is 5.86. The first-order valence-corrected chi connectivity index (χ1v) is 11.8. The second-order valence-corrected chi connectivity index (χ2v) is 8.89. The summed E-state index contributed by atoms with van der Waals surface area (Å²) in [6, 6.07) is 0. The highest BCUT2D eigenvalue weighted by Gasteiger charge is 2.39. The molecule has 0 bridgehead atoms. The number of aliphatic hydroxyl groups is 6. The van der Waals surface area contributed by atoms with Crippen LogP contribution in [0.5, 0.6) is 0 Å². The molecule has 33 heavy (non-hydrogen) atoms. The number of hydrogen-bond acceptors (Lipinski definition) is 8. The van der Waals surface area contributed by atoms with Crippen LogP contribution in [0.15, 0.2) is 24.3 Å². The predicted molar refractivity (Wildman–Crippen MR) is 126 cm³/mol. The first-order chi connectivity index (χ1) is 15.6. The van der Waals surface area contributed by atoms with Gasteiger partial charge in [-0.3, -0.25) is 4.79 Å². The van der Waals surface area contributed by atoms with E-state index in [1.54, 1.807) is 6.08 Å². The van der Waals surface area contributed by atoms with Gasteiger partial charge in [0.2, 0.25) is 0 Å². The number of allylic oxidation sites excluding steroid dienone is 2. The van der Waals surface area contributed by atoms with Crippen molar-refractivity contribution in [3.8, 4) is 0 Å². The van der Waals surface area contributed by atoms with E-state index in [1.807, 2.05) is 18.2 Å². The van der Waals surface area contributed by atoms with Crippen LogP contribution < -0.4 is 5.73 Å². The van der Waals surface area contributed by atoms with Gasteiger partial charge >= 0.3 is 5.97 Å². The molecule has 0 aliphatic heterocycles. The van der Waals surface area contributed by atoms with Gasteiger partial charge in [-0.15, -0.1) is 0 Å². The molecule has 0 heterocycles. The summed E-state index contributed by atoms with van der Waals surface area (Å²) in [5.41, 5.74) is 3.94. The Labute approximate surface area is 197 Å². The largest absolute Gasteiger partial charge is 0.481 e. The summed E-state index contributed by atoms with van der Waals surface area (Å²) in [6.45, 7) is 0.915. The lowest BCUT2D eigenvalue weighted by Crippen LogP contribution is -2.50. The average molecular weight is 476 g/mol. The minimum Gasteiger partial charge on any atom is -0.481 e. The molecule has 0 saturated heterocycles. The summed E-state index contributed by atoms with van der Waals surface area (Å²) in [4.78, 5) is 10.5. The van der Waals surface area contributed by atoms with E-state index in [0.717, 1.165) is 25.7 Å². The summed E-state index contributed by atoms with van der Waals surface area (Å²) in [7, 11) is 0. The zero-order chi connectivity index (χ0) is 25.3. The Hall–Kier alpha value is -1.33. The summed E-state index contributed by atoms with van der Waals surface area (Å²) in [5.74, 6) is -1.00. The van der Waals surface area contributed by atoms with Crippen LogP contribution in [-0.4, -0.2) is 85.4 Å². The Kier molecular flexibility index (Phi) is 17.3. The highest BCUT2D eigenvalue weighted by Crippen LogP contribution is 2.36. The van der Waals surface area contributed by atoms with Crippen molar-refractivity contribution in [1.29, 1.82) is 0 Å². The van der Waals surface area contributed by atoms with E-state index in [0.29, 0.717) is 25.7 Å². The molecule has 0 amide bonds. The number of aliphatic hydroxyl groups excluding tert-OH is 6. The van der Waals surface area contributed by atoms with E-state index in [9.17, 15) is 20.1 Å². The van der Waals surface area contributed by atoms with Gasteiger partial charge in [0, 0.05) is 18.8 Å². The third kappa shape index (κ3) is 13.8. The molecule has 0 aromatic carbocycles. The Morgan fingerprint density at radius 1 is 1.06 bits per heavy atom. The van der Waals surface area contributed by atoms with Crippen LogP contribution in [0.4, 0.5) is 0 Å². The molecule has 5 atom stereocenters. The minimum absolute atomic E-state index is 0.0650. The lowest BCUT2D eigenvalue weighted by Gasteiger charge is -2.20.